The largest absolute Gasteiger partial charge is 0.368 e. The third kappa shape index (κ3) is 4.03. The molecular formula is C20H29N3O2. The fraction of sp³-hybridized carbons (Fsp3) is 0.600. The monoisotopic (exact) mass is 343 g/mol. The Balaban J connectivity index is 1.66. The van der Waals surface area contributed by atoms with Gasteiger partial charge in [-0.15, -0.1) is 0 Å². The first kappa shape index (κ1) is 17.9. The summed E-state index contributed by atoms with van der Waals surface area (Å²) in [5.74, 6) is 0.768. The van der Waals surface area contributed by atoms with E-state index >= 15 is 0 Å². The van der Waals surface area contributed by atoms with E-state index in [9.17, 15) is 9.59 Å². The number of nitrogens with one attached hydrogen (secondary N) is 1. The number of nitrogens with two attached hydrogens (primary N) is 1. The van der Waals surface area contributed by atoms with E-state index in [1.807, 2.05) is 23.1 Å². The lowest BCUT2D eigenvalue weighted by molar-refractivity contribution is -0.128. The lowest BCUT2D eigenvalue weighted by Gasteiger charge is -2.37. The summed E-state index contributed by atoms with van der Waals surface area (Å²) in [5, 5.41) is 3.20. The second-order valence-corrected chi connectivity index (χ2v) is 7.74. The van der Waals surface area contributed by atoms with Crippen molar-refractivity contribution in [3.05, 3.63) is 35.4 Å². The zero-order valence-electron chi connectivity index (χ0n) is 15.2. The van der Waals surface area contributed by atoms with Gasteiger partial charge in [0, 0.05) is 12.6 Å². The number of hydrogen-bond acceptors (Lipinski definition) is 3. The van der Waals surface area contributed by atoms with Crippen molar-refractivity contribution in [2.45, 2.75) is 58.2 Å². The molecule has 2 amide bonds. The van der Waals surface area contributed by atoms with Crippen molar-refractivity contribution in [2.75, 3.05) is 6.54 Å². The number of amides is 2. The Bertz CT molecular complexity index is 646. The van der Waals surface area contributed by atoms with Gasteiger partial charge in [0.25, 0.3) is 0 Å². The van der Waals surface area contributed by atoms with Crippen LogP contribution >= 0.6 is 0 Å². The predicted octanol–water partition coefficient (Wildman–Crippen LogP) is 1.84. The highest BCUT2D eigenvalue weighted by Gasteiger charge is 2.33. The summed E-state index contributed by atoms with van der Waals surface area (Å²) in [6.45, 7) is 5.29. The van der Waals surface area contributed by atoms with Gasteiger partial charge >= 0.3 is 0 Å². The molecule has 3 N–H and O–H groups in total. The fourth-order valence-corrected chi connectivity index (χ4v) is 4.25. The summed E-state index contributed by atoms with van der Waals surface area (Å²) < 4.78 is 0. The van der Waals surface area contributed by atoms with Gasteiger partial charge in [-0.3, -0.25) is 14.5 Å². The van der Waals surface area contributed by atoms with Gasteiger partial charge < -0.3 is 11.1 Å². The number of rotatable bonds is 4. The zero-order valence-corrected chi connectivity index (χ0v) is 15.2. The molecule has 25 heavy (non-hydrogen) atoms. The van der Waals surface area contributed by atoms with Crippen LogP contribution in [-0.4, -0.2) is 35.3 Å². The molecule has 1 aromatic rings. The van der Waals surface area contributed by atoms with E-state index in [4.69, 9.17) is 5.73 Å². The van der Waals surface area contributed by atoms with Gasteiger partial charge in [0.05, 0.1) is 12.6 Å². The molecule has 3 rings (SSSR count). The van der Waals surface area contributed by atoms with Gasteiger partial charge in [-0.25, -0.2) is 0 Å². The maximum Gasteiger partial charge on any atom is 0.235 e. The van der Waals surface area contributed by atoms with E-state index in [2.05, 4.69) is 25.2 Å². The molecule has 0 unspecified atom stereocenters. The summed E-state index contributed by atoms with van der Waals surface area (Å²) in [4.78, 5) is 26.4. The Hall–Kier alpha value is -1.88. The van der Waals surface area contributed by atoms with E-state index < -0.39 is 6.04 Å². The van der Waals surface area contributed by atoms with Gasteiger partial charge in [-0.05, 0) is 35.8 Å². The Morgan fingerprint density at radius 3 is 2.64 bits per heavy atom. The third-order valence-corrected chi connectivity index (χ3v) is 6.07. The Morgan fingerprint density at radius 2 is 1.92 bits per heavy atom. The normalized spacial score (nSPS) is 29.7. The van der Waals surface area contributed by atoms with E-state index in [-0.39, 0.29) is 24.4 Å². The second kappa shape index (κ2) is 7.56. The number of benzene rings is 1. The maximum atomic E-state index is 12.6. The Kier molecular flexibility index (Phi) is 5.42. The fourth-order valence-electron chi connectivity index (χ4n) is 4.25. The first-order valence-electron chi connectivity index (χ1n) is 9.35. The summed E-state index contributed by atoms with van der Waals surface area (Å²) >= 11 is 0. The first-order chi connectivity index (χ1) is 12.0. The zero-order chi connectivity index (χ0) is 18.0. The first-order valence-corrected chi connectivity index (χ1v) is 9.35. The number of hydrogen-bond donors (Lipinski definition) is 2. The summed E-state index contributed by atoms with van der Waals surface area (Å²) in [7, 11) is 0. The van der Waals surface area contributed by atoms with Crippen molar-refractivity contribution >= 4 is 11.8 Å². The minimum absolute atomic E-state index is 0.00317. The van der Waals surface area contributed by atoms with Crippen LogP contribution in [0.1, 0.15) is 44.2 Å². The van der Waals surface area contributed by atoms with Crippen LogP contribution in [0.4, 0.5) is 0 Å². The number of carbonyl (C=O) groups excluding carboxylic acids is 2. The van der Waals surface area contributed by atoms with Crippen LogP contribution in [-0.2, 0) is 22.6 Å². The van der Waals surface area contributed by atoms with Crippen molar-refractivity contribution < 1.29 is 9.59 Å². The van der Waals surface area contributed by atoms with Gasteiger partial charge in [0.15, 0.2) is 0 Å². The average Bonchev–Trinajstić information content (AvgIpc) is 2.58. The third-order valence-electron chi connectivity index (χ3n) is 6.07. The number of carbonyl (C=O) groups is 2. The predicted molar refractivity (Wildman–Crippen MR) is 97.6 cm³/mol. The van der Waals surface area contributed by atoms with Crippen LogP contribution < -0.4 is 11.1 Å². The molecule has 1 fully saturated rings. The molecule has 5 nitrogen and oxygen atoms in total. The van der Waals surface area contributed by atoms with Gasteiger partial charge in [0.2, 0.25) is 11.8 Å². The molecule has 0 saturated heterocycles. The van der Waals surface area contributed by atoms with Crippen LogP contribution in [0, 0.1) is 11.8 Å². The molecule has 1 saturated carbocycles. The van der Waals surface area contributed by atoms with Crippen LogP contribution in [0.5, 0.6) is 0 Å². The van der Waals surface area contributed by atoms with Crippen LogP contribution in [0.15, 0.2) is 24.3 Å². The number of fused-ring (bicyclic) bond motifs is 1. The van der Waals surface area contributed by atoms with Crippen molar-refractivity contribution in [1.29, 1.82) is 0 Å². The van der Waals surface area contributed by atoms with Gasteiger partial charge in [-0.2, -0.15) is 0 Å². The summed E-state index contributed by atoms with van der Waals surface area (Å²) in [6, 6.07) is 7.89. The lowest BCUT2D eigenvalue weighted by Crippen LogP contribution is -2.53. The molecule has 1 aliphatic carbocycles. The Morgan fingerprint density at radius 1 is 1.20 bits per heavy atom. The van der Waals surface area contributed by atoms with Crippen molar-refractivity contribution in [3.63, 3.8) is 0 Å². The highest BCUT2D eigenvalue weighted by atomic mass is 16.2. The van der Waals surface area contributed by atoms with E-state index in [0.29, 0.717) is 24.8 Å². The topological polar surface area (TPSA) is 75.4 Å². The van der Waals surface area contributed by atoms with Crippen molar-refractivity contribution in [1.82, 2.24) is 10.2 Å². The number of primary amides is 1. The van der Waals surface area contributed by atoms with Crippen LogP contribution in [0.3, 0.4) is 0 Å². The summed E-state index contributed by atoms with van der Waals surface area (Å²) in [6.07, 6.45) is 4.02. The van der Waals surface area contributed by atoms with Crippen molar-refractivity contribution in [2.24, 2.45) is 17.6 Å². The molecule has 1 heterocycles. The summed E-state index contributed by atoms with van der Waals surface area (Å²) in [5.41, 5.74) is 7.93. The highest BCUT2D eigenvalue weighted by molar-refractivity contribution is 5.83. The SMILES string of the molecule is C[C@@H]1[C@H](C)CCC[C@@H]1NC(=O)CN1Cc2ccccc2C[C@H]1C(N)=O. The standard InChI is InChI=1S/C20H29N3O2/c1-13-6-5-9-17(14(13)2)22-19(24)12-23-11-16-8-4-3-7-15(16)10-18(23)20(21)25/h3-4,7-8,13-14,17-18H,5-6,9-12H2,1-2H3,(H2,21,25)(H,22,24)/t13-,14-,17+,18+/m1/s1. The van der Waals surface area contributed by atoms with Gasteiger partial charge in [0.1, 0.15) is 0 Å². The quantitative estimate of drug-likeness (QED) is 0.876. The molecule has 1 aliphatic heterocycles. The molecule has 136 valence electrons. The molecule has 0 aromatic heterocycles. The van der Waals surface area contributed by atoms with Crippen LogP contribution in [0.25, 0.3) is 0 Å². The smallest absolute Gasteiger partial charge is 0.235 e. The molecule has 0 bridgehead atoms. The van der Waals surface area contributed by atoms with E-state index in [1.165, 1.54) is 12.0 Å². The Labute approximate surface area is 150 Å². The maximum absolute atomic E-state index is 12.6. The lowest BCUT2D eigenvalue weighted by atomic mass is 9.78. The van der Waals surface area contributed by atoms with Crippen molar-refractivity contribution in [3.8, 4) is 0 Å². The molecule has 0 radical (unpaired) electrons. The second-order valence-electron chi connectivity index (χ2n) is 7.74. The highest BCUT2D eigenvalue weighted by Crippen LogP contribution is 2.29. The molecule has 2 aliphatic rings. The molecule has 5 heteroatoms. The minimum Gasteiger partial charge on any atom is -0.368 e. The molecular weight excluding hydrogens is 314 g/mol. The average molecular weight is 343 g/mol. The van der Waals surface area contributed by atoms with Gasteiger partial charge in [-0.1, -0.05) is 51.0 Å². The number of nitrogens with zero attached hydrogens (tertiary/aromatic N) is 1. The molecule has 1 aromatic carbocycles. The minimum atomic E-state index is -0.414. The van der Waals surface area contributed by atoms with Crippen LogP contribution in [0.2, 0.25) is 0 Å². The van der Waals surface area contributed by atoms with E-state index in [1.54, 1.807) is 0 Å². The van der Waals surface area contributed by atoms with E-state index in [0.717, 1.165) is 18.4 Å². The molecule has 4 atom stereocenters. The molecule has 0 spiro atoms.